The Bertz CT molecular complexity index is 500. The number of alkyl carbamates (subject to hydrolysis) is 1. The van der Waals surface area contributed by atoms with Crippen LogP contribution in [0.3, 0.4) is 0 Å². The maximum atomic E-state index is 11.6. The minimum atomic E-state index is -0.463. The van der Waals surface area contributed by atoms with Crippen molar-refractivity contribution in [3.05, 3.63) is 47.7 Å². The zero-order valence-corrected chi connectivity index (χ0v) is 12.5. The second-order valence-corrected chi connectivity index (χ2v) is 6.20. The molecule has 3 nitrogen and oxygen atoms in total. The predicted octanol–water partition coefficient (Wildman–Crippen LogP) is 4.14. The van der Waals surface area contributed by atoms with Gasteiger partial charge in [-0.1, -0.05) is 30.3 Å². The molecule has 108 valence electrons. The SMILES string of the molecule is CC(C)(C)OC(=O)NC=CC1CCCc2ccccc21. The van der Waals surface area contributed by atoms with E-state index in [9.17, 15) is 4.79 Å². The molecule has 0 bridgehead atoms. The summed E-state index contributed by atoms with van der Waals surface area (Å²) in [4.78, 5) is 11.6. The second kappa shape index (κ2) is 6.12. The maximum absolute atomic E-state index is 11.6. The second-order valence-electron chi connectivity index (χ2n) is 6.20. The summed E-state index contributed by atoms with van der Waals surface area (Å²) in [6.45, 7) is 5.56. The largest absolute Gasteiger partial charge is 0.444 e. The van der Waals surface area contributed by atoms with E-state index in [1.165, 1.54) is 17.5 Å². The number of allylic oxidation sites excluding steroid dienone is 1. The van der Waals surface area contributed by atoms with Crippen molar-refractivity contribution < 1.29 is 9.53 Å². The van der Waals surface area contributed by atoms with Crippen LogP contribution in [0.2, 0.25) is 0 Å². The Hall–Kier alpha value is -1.77. The smallest absolute Gasteiger partial charge is 0.411 e. The van der Waals surface area contributed by atoms with Gasteiger partial charge in [-0.2, -0.15) is 0 Å². The zero-order valence-electron chi connectivity index (χ0n) is 12.5. The van der Waals surface area contributed by atoms with Crippen LogP contribution in [0.15, 0.2) is 36.5 Å². The molecule has 20 heavy (non-hydrogen) atoms. The van der Waals surface area contributed by atoms with Gasteiger partial charge in [0.05, 0.1) is 0 Å². The molecule has 3 heteroatoms. The molecule has 1 aromatic carbocycles. The minimum Gasteiger partial charge on any atom is -0.444 e. The molecular weight excluding hydrogens is 250 g/mol. The van der Waals surface area contributed by atoms with Gasteiger partial charge in [-0.3, -0.25) is 5.32 Å². The van der Waals surface area contributed by atoms with Crippen LogP contribution >= 0.6 is 0 Å². The first-order valence-corrected chi connectivity index (χ1v) is 7.20. The number of aryl methyl sites for hydroxylation is 1. The summed E-state index contributed by atoms with van der Waals surface area (Å²) >= 11 is 0. The fraction of sp³-hybridized carbons (Fsp3) is 0.471. The number of rotatable bonds is 2. The lowest BCUT2D eigenvalue weighted by molar-refractivity contribution is 0.0552. The van der Waals surface area contributed by atoms with Gasteiger partial charge in [-0.15, -0.1) is 0 Å². The van der Waals surface area contributed by atoms with Crippen LogP contribution < -0.4 is 5.32 Å². The number of hydrogen-bond donors (Lipinski definition) is 1. The van der Waals surface area contributed by atoms with Crippen LogP contribution in [-0.4, -0.2) is 11.7 Å². The van der Waals surface area contributed by atoms with E-state index in [2.05, 4.69) is 35.7 Å². The number of benzene rings is 1. The maximum Gasteiger partial charge on any atom is 0.411 e. The molecule has 1 aliphatic rings. The van der Waals surface area contributed by atoms with Gasteiger partial charge in [0.15, 0.2) is 0 Å². The molecule has 1 aromatic rings. The fourth-order valence-electron chi connectivity index (χ4n) is 2.53. The normalized spacial score (nSPS) is 18.6. The summed E-state index contributed by atoms with van der Waals surface area (Å²) in [7, 11) is 0. The van der Waals surface area contributed by atoms with Gasteiger partial charge >= 0.3 is 6.09 Å². The van der Waals surface area contributed by atoms with Crippen molar-refractivity contribution in [1.82, 2.24) is 5.32 Å². The van der Waals surface area contributed by atoms with Crippen molar-refractivity contribution in [2.45, 2.75) is 51.6 Å². The molecular formula is C17H23NO2. The molecule has 1 atom stereocenters. The number of hydrogen-bond acceptors (Lipinski definition) is 2. The third-order valence-electron chi connectivity index (χ3n) is 3.34. The first kappa shape index (κ1) is 14.6. The Morgan fingerprint density at radius 2 is 2.10 bits per heavy atom. The van der Waals surface area contributed by atoms with E-state index in [4.69, 9.17) is 4.74 Å². The topological polar surface area (TPSA) is 38.3 Å². The number of ether oxygens (including phenoxy) is 1. The van der Waals surface area contributed by atoms with Crippen LogP contribution in [0.4, 0.5) is 4.79 Å². The zero-order chi connectivity index (χ0) is 14.6. The van der Waals surface area contributed by atoms with Crippen molar-refractivity contribution in [2.75, 3.05) is 0 Å². The lowest BCUT2D eigenvalue weighted by atomic mass is 9.83. The Labute approximate surface area is 121 Å². The predicted molar refractivity (Wildman–Crippen MR) is 80.6 cm³/mol. The van der Waals surface area contributed by atoms with E-state index in [-0.39, 0.29) is 0 Å². The van der Waals surface area contributed by atoms with Gasteiger partial charge in [0, 0.05) is 12.1 Å². The van der Waals surface area contributed by atoms with Gasteiger partial charge < -0.3 is 4.74 Å². The van der Waals surface area contributed by atoms with Crippen LogP contribution in [-0.2, 0) is 11.2 Å². The summed E-state index contributed by atoms with van der Waals surface area (Å²) in [5, 5.41) is 2.68. The van der Waals surface area contributed by atoms with Crippen LogP contribution in [0.5, 0.6) is 0 Å². The molecule has 0 heterocycles. The molecule has 0 fully saturated rings. The van der Waals surface area contributed by atoms with E-state index >= 15 is 0 Å². The summed E-state index contributed by atoms with van der Waals surface area (Å²) in [5.74, 6) is 0.384. The van der Waals surface area contributed by atoms with Crippen LogP contribution in [0, 0.1) is 0 Å². The molecule has 0 radical (unpaired) electrons. The van der Waals surface area contributed by atoms with Crippen molar-refractivity contribution in [3.63, 3.8) is 0 Å². The molecule has 1 aliphatic carbocycles. The van der Waals surface area contributed by atoms with E-state index in [0.717, 1.165) is 12.8 Å². The minimum absolute atomic E-state index is 0.384. The van der Waals surface area contributed by atoms with Crippen LogP contribution in [0.1, 0.15) is 50.7 Å². The Morgan fingerprint density at radius 1 is 1.35 bits per heavy atom. The highest BCUT2D eigenvalue weighted by Crippen LogP contribution is 2.32. The Balaban J connectivity index is 1.94. The quantitative estimate of drug-likeness (QED) is 0.879. The molecule has 1 unspecified atom stereocenters. The lowest BCUT2D eigenvalue weighted by Gasteiger charge is -2.23. The van der Waals surface area contributed by atoms with Gasteiger partial charge in [-0.05, 0) is 51.2 Å². The molecule has 1 amide bonds. The van der Waals surface area contributed by atoms with Gasteiger partial charge in [0.2, 0.25) is 0 Å². The van der Waals surface area contributed by atoms with Gasteiger partial charge in [0.1, 0.15) is 5.60 Å². The van der Waals surface area contributed by atoms with Crippen molar-refractivity contribution in [1.29, 1.82) is 0 Å². The Kier molecular flexibility index (Phi) is 4.48. The lowest BCUT2D eigenvalue weighted by Crippen LogP contribution is -2.29. The van der Waals surface area contributed by atoms with Crippen LogP contribution in [0.25, 0.3) is 0 Å². The summed E-state index contributed by atoms with van der Waals surface area (Å²) < 4.78 is 5.20. The molecule has 1 N–H and O–H groups in total. The number of amides is 1. The highest BCUT2D eigenvalue weighted by molar-refractivity contribution is 5.68. The number of fused-ring (bicyclic) bond motifs is 1. The van der Waals surface area contributed by atoms with Crippen molar-refractivity contribution >= 4 is 6.09 Å². The molecule has 0 aromatic heterocycles. The third kappa shape index (κ3) is 4.12. The van der Waals surface area contributed by atoms with Crippen molar-refractivity contribution in [3.8, 4) is 0 Å². The molecule has 0 saturated heterocycles. The van der Waals surface area contributed by atoms with Gasteiger partial charge in [0.25, 0.3) is 0 Å². The third-order valence-corrected chi connectivity index (χ3v) is 3.34. The molecule has 2 rings (SSSR count). The first-order valence-electron chi connectivity index (χ1n) is 7.20. The standard InChI is InChI=1S/C17H23NO2/c1-17(2,3)20-16(19)18-12-11-14-9-6-8-13-7-4-5-10-15(13)14/h4-5,7,10-12,14H,6,8-9H2,1-3H3,(H,18,19). The molecule has 0 aliphatic heterocycles. The molecule has 0 saturated carbocycles. The average molecular weight is 273 g/mol. The summed E-state index contributed by atoms with van der Waals surface area (Å²) in [6, 6.07) is 8.53. The number of carbonyl (C=O) groups excluding carboxylic acids is 1. The molecule has 0 spiro atoms. The van der Waals surface area contributed by atoms with E-state index in [0.29, 0.717) is 5.92 Å². The summed E-state index contributed by atoms with van der Waals surface area (Å²) in [5.41, 5.74) is 2.33. The highest BCUT2D eigenvalue weighted by Gasteiger charge is 2.18. The first-order chi connectivity index (χ1) is 9.46. The summed E-state index contributed by atoms with van der Waals surface area (Å²) in [6.07, 6.45) is 6.84. The highest BCUT2D eigenvalue weighted by atomic mass is 16.6. The van der Waals surface area contributed by atoms with Gasteiger partial charge in [-0.25, -0.2) is 4.79 Å². The fourth-order valence-corrected chi connectivity index (χ4v) is 2.53. The number of carbonyl (C=O) groups is 1. The van der Waals surface area contributed by atoms with E-state index in [1.807, 2.05) is 20.8 Å². The monoisotopic (exact) mass is 273 g/mol. The van der Waals surface area contributed by atoms with E-state index < -0.39 is 11.7 Å². The number of nitrogens with one attached hydrogen (secondary N) is 1. The Morgan fingerprint density at radius 3 is 2.85 bits per heavy atom. The van der Waals surface area contributed by atoms with Crippen molar-refractivity contribution in [2.24, 2.45) is 0 Å². The van der Waals surface area contributed by atoms with E-state index in [1.54, 1.807) is 6.20 Å². The average Bonchev–Trinajstić information content (AvgIpc) is 2.37.